The first-order valence-corrected chi connectivity index (χ1v) is 6.73. The van der Waals surface area contributed by atoms with Gasteiger partial charge in [0.2, 0.25) is 0 Å². The fraction of sp³-hybridized carbons (Fsp3) is 0.600. The van der Waals surface area contributed by atoms with Crippen molar-refractivity contribution in [2.24, 2.45) is 11.7 Å². The minimum absolute atomic E-state index is 0.0631. The maximum absolute atomic E-state index is 14.1. The highest BCUT2D eigenvalue weighted by Crippen LogP contribution is 2.22. The second kappa shape index (κ2) is 6.74. The van der Waals surface area contributed by atoms with Crippen LogP contribution in [0, 0.1) is 11.7 Å². The van der Waals surface area contributed by atoms with Crippen LogP contribution in [0.3, 0.4) is 0 Å². The van der Waals surface area contributed by atoms with E-state index < -0.39 is 0 Å². The highest BCUT2D eigenvalue weighted by molar-refractivity contribution is 5.49. The number of hydrogen-bond acceptors (Lipinski definition) is 2. The molecule has 1 unspecified atom stereocenters. The molecule has 102 valence electrons. The molecule has 1 aromatic rings. The molecule has 0 bridgehead atoms. The maximum Gasteiger partial charge on any atom is 0.146 e. The molecule has 3 heteroatoms. The van der Waals surface area contributed by atoms with E-state index in [1.54, 1.807) is 6.07 Å². The second-order valence-electron chi connectivity index (χ2n) is 5.40. The number of halogens is 1. The van der Waals surface area contributed by atoms with Crippen LogP contribution >= 0.6 is 0 Å². The van der Waals surface area contributed by atoms with E-state index >= 15 is 0 Å². The Kier molecular flexibility index (Phi) is 5.60. The summed E-state index contributed by atoms with van der Waals surface area (Å²) in [5, 5.41) is 0. The minimum Gasteiger partial charge on any atom is -0.369 e. The number of nitrogens with zero attached hydrogens (tertiary/aromatic N) is 1. The van der Waals surface area contributed by atoms with Gasteiger partial charge in [-0.3, -0.25) is 0 Å². The standard InChI is InChI=1S/C15H25FN2/c1-5-18(10-11(2)3)15-7-6-13(8-12(4)17)9-14(15)16/h6-7,9,11-12H,5,8,10,17H2,1-4H3. The summed E-state index contributed by atoms with van der Waals surface area (Å²) in [6.07, 6.45) is 0.716. The van der Waals surface area contributed by atoms with Crippen LogP contribution < -0.4 is 10.6 Å². The van der Waals surface area contributed by atoms with Crippen molar-refractivity contribution in [1.82, 2.24) is 0 Å². The van der Waals surface area contributed by atoms with Crippen LogP contribution in [0.15, 0.2) is 18.2 Å². The van der Waals surface area contributed by atoms with Gasteiger partial charge in [-0.1, -0.05) is 19.9 Å². The molecule has 0 radical (unpaired) electrons. The molecule has 0 amide bonds. The van der Waals surface area contributed by atoms with Crippen molar-refractivity contribution in [3.8, 4) is 0 Å². The minimum atomic E-state index is -0.143. The van der Waals surface area contributed by atoms with Crippen molar-refractivity contribution in [1.29, 1.82) is 0 Å². The average molecular weight is 252 g/mol. The first kappa shape index (κ1) is 15.0. The molecule has 18 heavy (non-hydrogen) atoms. The van der Waals surface area contributed by atoms with E-state index in [9.17, 15) is 4.39 Å². The zero-order valence-corrected chi connectivity index (χ0v) is 11.9. The number of hydrogen-bond donors (Lipinski definition) is 1. The number of benzene rings is 1. The van der Waals surface area contributed by atoms with Gasteiger partial charge in [0.15, 0.2) is 0 Å². The summed E-state index contributed by atoms with van der Waals surface area (Å²) in [6, 6.07) is 5.53. The van der Waals surface area contributed by atoms with E-state index in [0.717, 1.165) is 18.7 Å². The van der Waals surface area contributed by atoms with E-state index in [0.29, 0.717) is 18.0 Å². The van der Waals surface area contributed by atoms with Gasteiger partial charge in [-0.05, 0) is 43.9 Å². The lowest BCUT2D eigenvalue weighted by Gasteiger charge is -2.26. The molecule has 1 aromatic carbocycles. The van der Waals surface area contributed by atoms with Crippen molar-refractivity contribution in [2.75, 3.05) is 18.0 Å². The molecule has 0 saturated carbocycles. The Morgan fingerprint density at radius 2 is 1.94 bits per heavy atom. The van der Waals surface area contributed by atoms with E-state index in [1.807, 2.05) is 19.1 Å². The predicted molar refractivity (Wildman–Crippen MR) is 76.5 cm³/mol. The summed E-state index contributed by atoms with van der Waals surface area (Å²) in [6.45, 7) is 9.97. The summed E-state index contributed by atoms with van der Waals surface area (Å²) in [4.78, 5) is 2.08. The zero-order valence-electron chi connectivity index (χ0n) is 11.9. The summed E-state index contributed by atoms with van der Waals surface area (Å²) < 4.78 is 14.1. The Morgan fingerprint density at radius 3 is 2.39 bits per heavy atom. The smallest absolute Gasteiger partial charge is 0.146 e. The molecule has 1 rings (SSSR count). The number of anilines is 1. The first-order valence-electron chi connectivity index (χ1n) is 6.73. The third-order valence-electron chi connectivity index (χ3n) is 2.88. The second-order valence-corrected chi connectivity index (χ2v) is 5.40. The number of nitrogens with two attached hydrogens (primary N) is 1. The summed E-state index contributed by atoms with van der Waals surface area (Å²) >= 11 is 0. The van der Waals surface area contributed by atoms with Gasteiger partial charge >= 0.3 is 0 Å². The SMILES string of the molecule is CCN(CC(C)C)c1ccc(CC(C)N)cc1F. The van der Waals surface area contributed by atoms with Crippen molar-refractivity contribution in [3.63, 3.8) is 0 Å². The van der Waals surface area contributed by atoms with Crippen molar-refractivity contribution in [2.45, 2.75) is 40.2 Å². The fourth-order valence-electron chi connectivity index (χ4n) is 2.14. The lowest BCUT2D eigenvalue weighted by molar-refractivity contribution is 0.584. The highest BCUT2D eigenvalue weighted by Gasteiger charge is 2.12. The van der Waals surface area contributed by atoms with Gasteiger partial charge in [0.1, 0.15) is 5.82 Å². The maximum atomic E-state index is 14.1. The molecule has 1 atom stereocenters. The molecule has 2 N–H and O–H groups in total. The Labute approximate surface area is 110 Å². The lowest BCUT2D eigenvalue weighted by atomic mass is 10.1. The third kappa shape index (κ3) is 4.30. The van der Waals surface area contributed by atoms with Crippen molar-refractivity contribution >= 4 is 5.69 Å². The molecular formula is C15H25FN2. The zero-order chi connectivity index (χ0) is 13.7. The Balaban J connectivity index is 2.89. The van der Waals surface area contributed by atoms with E-state index in [2.05, 4.69) is 25.7 Å². The Hall–Kier alpha value is -1.09. The van der Waals surface area contributed by atoms with Gasteiger partial charge in [-0.25, -0.2) is 4.39 Å². The van der Waals surface area contributed by atoms with E-state index in [4.69, 9.17) is 5.73 Å². The molecule has 0 heterocycles. The molecule has 0 aliphatic rings. The topological polar surface area (TPSA) is 29.3 Å². The quantitative estimate of drug-likeness (QED) is 0.842. The van der Waals surface area contributed by atoms with Crippen LogP contribution in [-0.2, 0) is 6.42 Å². The normalized spacial score (nSPS) is 12.8. The molecule has 0 spiro atoms. The van der Waals surface area contributed by atoms with Crippen LogP contribution in [-0.4, -0.2) is 19.1 Å². The Morgan fingerprint density at radius 1 is 1.28 bits per heavy atom. The van der Waals surface area contributed by atoms with Crippen LogP contribution in [0.5, 0.6) is 0 Å². The average Bonchev–Trinajstić information content (AvgIpc) is 2.25. The van der Waals surface area contributed by atoms with Gasteiger partial charge in [0, 0.05) is 19.1 Å². The van der Waals surface area contributed by atoms with Gasteiger partial charge in [0.25, 0.3) is 0 Å². The highest BCUT2D eigenvalue weighted by atomic mass is 19.1. The Bertz CT molecular complexity index is 375. The largest absolute Gasteiger partial charge is 0.369 e. The van der Waals surface area contributed by atoms with Crippen molar-refractivity contribution < 1.29 is 4.39 Å². The fourth-order valence-corrected chi connectivity index (χ4v) is 2.14. The number of rotatable bonds is 6. The predicted octanol–water partition coefficient (Wildman–Crippen LogP) is 3.20. The third-order valence-corrected chi connectivity index (χ3v) is 2.88. The lowest BCUT2D eigenvalue weighted by Crippen LogP contribution is -2.28. The van der Waals surface area contributed by atoms with Crippen LogP contribution in [0.1, 0.15) is 33.3 Å². The molecule has 2 nitrogen and oxygen atoms in total. The summed E-state index contributed by atoms with van der Waals surface area (Å²) in [5.41, 5.74) is 7.39. The van der Waals surface area contributed by atoms with Gasteiger partial charge in [-0.2, -0.15) is 0 Å². The van der Waals surface area contributed by atoms with Gasteiger partial charge in [0.05, 0.1) is 5.69 Å². The molecule has 0 aromatic heterocycles. The summed E-state index contributed by atoms with van der Waals surface area (Å²) in [7, 11) is 0. The monoisotopic (exact) mass is 252 g/mol. The van der Waals surface area contributed by atoms with E-state index in [1.165, 1.54) is 0 Å². The van der Waals surface area contributed by atoms with Crippen molar-refractivity contribution in [3.05, 3.63) is 29.6 Å². The molecule has 0 saturated heterocycles. The van der Waals surface area contributed by atoms with Gasteiger partial charge in [-0.15, -0.1) is 0 Å². The van der Waals surface area contributed by atoms with Gasteiger partial charge < -0.3 is 10.6 Å². The molecular weight excluding hydrogens is 227 g/mol. The molecule has 0 fully saturated rings. The first-order chi connectivity index (χ1) is 8.43. The summed E-state index contributed by atoms with van der Waals surface area (Å²) in [5.74, 6) is 0.378. The van der Waals surface area contributed by atoms with E-state index in [-0.39, 0.29) is 11.9 Å². The molecule has 0 aliphatic heterocycles. The van der Waals surface area contributed by atoms with Crippen LogP contribution in [0.2, 0.25) is 0 Å². The molecule has 0 aliphatic carbocycles. The van der Waals surface area contributed by atoms with Crippen LogP contribution in [0.4, 0.5) is 10.1 Å². The van der Waals surface area contributed by atoms with Crippen LogP contribution in [0.25, 0.3) is 0 Å².